The molecule has 0 atom stereocenters. The fourth-order valence-electron chi connectivity index (χ4n) is 2.51. The molecular formula is C13H27NO. The van der Waals surface area contributed by atoms with Gasteiger partial charge in [0.1, 0.15) is 0 Å². The van der Waals surface area contributed by atoms with E-state index in [-0.39, 0.29) is 5.60 Å². The quantitative estimate of drug-likeness (QED) is 0.627. The number of rotatable bonds is 8. The molecule has 1 N–H and O–H groups in total. The highest BCUT2D eigenvalue weighted by atomic mass is 16.3. The number of unbranched alkanes of at least 4 members (excludes halogenated alkanes) is 4. The Balaban J connectivity index is 1.93. The van der Waals surface area contributed by atoms with Gasteiger partial charge in [0.15, 0.2) is 0 Å². The largest absolute Gasteiger partial charge is 0.387 e. The second kappa shape index (κ2) is 6.49. The summed E-state index contributed by atoms with van der Waals surface area (Å²) >= 11 is 0. The molecule has 2 heteroatoms. The minimum absolute atomic E-state index is 0.335. The number of nitrogens with zero attached hydrogens (tertiary/aromatic N) is 1. The van der Waals surface area contributed by atoms with Gasteiger partial charge >= 0.3 is 0 Å². The molecule has 0 spiro atoms. The van der Waals surface area contributed by atoms with Crippen LogP contribution in [-0.2, 0) is 0 Å². The lowest BCUT2D eigenvalue weighted by molar-refractivity contribution is -0.103. The van der Waals surface area contributed by atoms with Crippen LogP contribution < -0.4 is 0 Å². The first kappa shape index (κ1) is 13.0. The molecule has 15 heavy (non-hydrogen) atoms. The molecule has 0 amide bonds. The van der Waals surface area contributed by atoms with Crippen molar-refractivity contribution in [3.05, 3.63) is 0 Å². The first-order valence-electron chi connectivity index (χ1n) is 6.65. The predicted molar refractivity (Wildman–Crippen MR) is 65.1 cm³/mol. The monoisotopic (exact) mass is 213 g/mol. The van der Waals surface area contributed by atoms with Crippen LogP contribution in [0.25, 0.3) is 0 Å². The molecule has 1 saturated heterocycles. The molecule has 0 aliphatic carbocycles. The van der Waals surface area contributed by atoms with Gasteiger partial charge in [0.25, 0.3) is 0 Å². The molecule has 1 heterocycles. The lowest BCUT2D eigenvalue weighted by Crippen LogP contribution is -2.61. The zero-order valence-electron chi connectivity index (χ0n) is 10.5. The molecule has 1 aliphatic rings. The van der Waals surface area contributed by atoms with E-state index in [4.69, 9.17) is 0 Å². The van der Waals surface area contributed by atoms with Crippen molar-refractivity contribution in [2.75, 3.05) is 19.6 Å². The Bertz CT molecular complexity index is 164. The number of aliphatic hydroxyl groups is 1. The third kappa shape index (κ3) is 4.52. The standard InChI is InChI=1S/C13H27NO/c1-3-5-6-7-8-10-14-11-13(15,12-14)9-4-2/h15H,3-12H2,1-2H3. The smallest absolute Gasteiger partial charge is 0.0900 e. The van der Waals surface area contributed by atoms with Crippen molar-refractivity contribution in [3.8, 4) is 0 Å². The molecule has 0 radical (unpaired) electrons. The second-order valence-electron chi connectivity index (χ2n) is 5.10. The molecule has 0 saturated carbocycles. The first-order valence-corrected chi connectivity index (χ1v) is 6.65. The van der Waals surface area contributed by atoms with E-state index in [2.05, 4.69) is 18.7 Å². The Kier molecular flexibility index (Phi) is 5.62. The van der Waals surface area contributed by atoms with Crippen molar-refractivity contribution in [2.45, 2.75) is 64.4 Å². The van der Waals surface area contributed by atoms with Crippen LogP contribution in [0.1, 0.15) is 58.8 Å². The fourth-order valence-corrected chi connectivity index (χ4v) is 2.51. The third-order valence-electron chi connectivity index (χ3n) is 3.33. The van der Waals surface area contributed by atoms with Crippen molar-refractivity contribution in [1.82, 2.24) is 4.90 Å². The van der Waals surface area contributed by atoms with E-state index in [1.807, 2.05) is 0 Å². The van der Waals surface area contributed by atoms with Crippen LogP contribution >= 0.6 is 0 Å². The van der Waals surface area contributed by atoms with Gasteiger partial charge in [-0.25, -0.2) is 0 Å². The molecule has 90 valence electrons. The maximum Gasteiger partial charge on any atom is 0.0900 e. The molecule has 1 fully saturated rings. The van der Waals surface area contributed by atoms with Crippen molar-refractivity contribution in [2.24, 2.45) is 0 Å². The van der Waals surface area contributed by atoms with Crippen molar-refractivity contribution in [1.29, 1.82) is 0 Å². The van der Waals surface area contributed by atoms with Crippen LogP contribution in [0.3, 0.4) is 0 Å². The average Bonchev–Trinajstić information content (AvgIpc) is 2.15. The van der Waals surface area contributed by atoms with Crippen LogP contribution in [-0.4, -0.2) is 35.2 Å². The molecule has 0 bridgehead atoms. The van der Waals surface area contributed by atoms with E-state index in [9.17, 15) is 5.11 Å². The number of likely N-dealkylation sites (tertiary alicyclic amines) is 1. The highest BCUT2D eigenvalue weighted by molar-refractivity contribution is 4.94. The summed E-state index contributed by atoms with van der Waals surface area (Å²) in [5.41, 5.74) is -0.335. The summed E-state index contributed by atoms with van der Waals surface area (Å²) in [4.78, 5) is 2.39. The van der Waals surface area contributed by atoms with Gasteiger partial charge in [0.05, 0.1) is 5.60 Å². The molecule has 0 aromatic heterocycles. The average molecular weight is 213 g/mol. The Morgan fingerprint density at radius 3 is 2.27 bits per heavy atom. The van der Waals surface area contributed by atoms with E-state index in [1.165, 1.54) is 38.6 Å². The maximum atomic E-state index is 9.98. The van der Waals surface area contributed by atoms with E-state index < -0.39 is 0 Å². The van der Waals surface area contributed by atoms with E-state index in [0.717, 1.165) is 25.9 Å². The summed E-state index contributed by atoms with van der Waals surface area (Å²) in [6, 6.07) is 0. The summed E-state index contributed by atoms with van der Waals surface area (Å²) in [5, 5.41) is 9.98. The molecule has 0 aromatic carbocycles. The van der Waals surface area contributed by atoms with Crippen LogP contribution in [0.5, 0.6) is 0 Å². The van der Waals surface area contributed by atoms with Gasteiger partial charge in [-0.1, -0.05) is 46.0 Å². The molecule has 0 unspecified atom stereocenters. The van der Waals surface area contributed by atoms with Crippen molar-refractivity contribution in [3.63, 3.8) is 0 Å². The summed E-state index contributed by atoms with van der Waals surface area (Å²) in [7, 11) is 0. The zero-order chi connectivity index (χ0) is 11.1. The summed E-state index contributed by atoms with van der Waals surface area (Å²) in [5.74, 6) is 0. The Morgan fingerprint density at radius 1 is 1.00 bits per heavy atom. The summed E-state index contributed by atoms with van der Waals surface area (Å²) in [6.07, 6.45) is 8.81. The Labute approximate surface area is 94.7 Å². The third-order valence-corrected chi connectivity index (χ3v) is 3.33. The van der Waals surface area contributed by atoms with Crippen LogP contribution in [0, 0.1) is 0 Å². The highest BCUT2D eigenvalue weighted by Crippen LogP contribution is 2.25. The van der Waals surface area contributed by atoms with Crippen LogP contribution in [0.15, 0.2) is 0 Å². The topological polar surface area (TPSA) is 23.5 Å². The molecular weight excluding hydrogens is 186 g/mol. The minimum Gasteiger partial charge on any atom is -0.387 e. The second-order valence-corrected chi connectivity index (χ2v) is 5.10. The van der Waals surface area contributed by atoms with Crippen molar-refractivity contribution >= 4 is 0 Å². The van der Waals surface area contributed by atoms with Crippen LogP contribution in [0.4, 0.5) is 0 Å². The number of hydrogen-bond donors (Lipinski definition) is 1. The Hall–Kier alpha value is -0.0800. The lowest BCUT2D eigenvalue weighted by atomic mass is 9.89. The SMILES string of the molecule is CCCCCCCN1CC(O)(CCC)C1. The van der Waals surface area contributed by atoms with Crippen molar-refractivity contribution < 1.29 is 5.11 Å². The Morgan fingerprint density at radius 2 is 1.67 bits per heavy atom. The highest BCUT2D eigenvalue weighted by Gasteiger charge is 2.39. The zero-order valence-corrected chi connectivity index (χ0v) is 10.5. The van der Waals surface area contributed by atoms with Gasteiger partial charge in [0, 0.05) is 13.1 Å². The molecule has 0 aromatic rings. The van der Waals surface area contributed by atoms with E-state index >= 15 is 0 Å². The summed E-state index contributed by atoms with van der Waals surface area (Å²) in [6.45, 7) is 7.41. The van der Waals surface area contributed by atoms with Gasteiger partial charge in [-0.15, -0.1) is 0 Å². The number of hydrogen-bond acceptors (Lipinski definition) is 2. The maximum absolute atomic E-state index is 9.98. The summed E-state index contributed by atoms with van der Waals surface area (Å²) < 4.78 is 0. The van der Waals surface area contributed by atoms with E-state index in [1.54, 1.807) is 0 Å². The predicted octanol–water partition coefficient (Wildman–Crippen LogP) is 2.80. The van der Waals surface area contributed by atoms with Crippen LogP contribution in [0.2, 0.25) is 0 Å². The minimum atomic E-state index is -0.335. The van der Waals surface area contributed by atoms with Gasteiger partial charge in [-0.05, 0) is 19.4 Å². The fraction of sp³-hybridized carbons (Fsp3) is 1.00. The molecule has 2 nitrogen and oxygen atoms in total. The normalized spacial score (nSPS) is 20.2. The molecule has 1 rings (SSSR count). The van der Waals surface area contributed by atoms with Gasteiger partial charge < -0.3 is 5.11 Å². The first-order chi connectivity index (χ1) is 7.20. The molecule has 1 aliphatic heterocycles. The number of β-amino-alcohol motifs (C(OH)–C–C–N with tert-alkyl or cyclic N) is 1. The van der Waals surface area contributed by atoms with Gasteiger partial charge in [-0.2, -0.15) is 0 Å². The lowest BCUT2D eigenvalue weighted by Gasteiger charge is -2.46. The van der Waals surface area contributed by atoms with E-state index in [0.29, 0.717) is 0 Å². The van der Waals surface area contributed by atoms with Gasteiger partial charge in [0.2, 0.25) is 0 Å². The van der Waals surface area contributed by atoms with Gasteiger partial charge in [-0.3, -0.25) is 4.90 Å².